The molecule has 0 fully saturated rings. The van der Waals surface area contributed by atoms with Gasteiger partial charge in [0.05, 0.1) is 22.4 Å². The Balaban J connectivity index is 1.91. The van der Waals surface area contributed by atoms with Gasteiger partial charge < -0.3 is 0 Å². The first-order valence-corrected chi connectivity index (χ1v) is 6.98. The monoisotopic (exact) mass is 287 g/mol. The van der Waals surface area contributed by atoms with Gasteiger partial charge in [-0.15, -0.1) is 0 Å². The van der Waals surface area contributed by atoms with Crippen molar-refractivity contribution in [2.75, 3.05) is 0 Å². The Hall–Kier alpha value is -3.08. The molecule has 4 aromatic heterocycles. The molecule has 0 aromatic carbocycles. The third-order valence-electron chi connectivity index (χ3n) is 3.47. The summed E-state index contributed by atoms with van der Waals surface area (Å²) < 4.78 is 1.79. The Morgan fingerprint density at radius 2 is 1.73 bits per heavy atom. The third kappa shape index (κ3) is 2.13. The maximum Gasteiger partial charge on any atom is 0.120 e. The summed E-state index contributed by atoms with van der Waals surface area (Å²) in [7, 11) is 1.90. The van der Waals surface area contributed by atoms with Crippen LogP contribution in [0.25, 0.3) is 33.7 Å². The van der Waals surface area contributed by atoms with Crippen LogP contribution in [-0.2, 0) is 7.05 Å². The third-order valence-corrected chi connectivity index (χ3v) is 3.47. The molecule has 22 heavy (non-hydrogen) atoms. The van der Waals surface area contributed by atoms with Crippen molar-refractivity contribution in [2.45, 2.75) is 0 Å². The van der Waals surface area contributed by atoms with E-state index in [0.717, 1.165) is 33.7 Å². The fourth-order valence-corrected chi connectivity index (χ4v) is 2.47. The van der Waals surface area contributed by atoms with Crippen LogP contribution < -0.4 is 0 Å². The van der Waals surface area contributed by atoms with Crippen molar-refractivity contribution < 1.29 is 0 Å². The Morgan fingerprint density at radius 1 is 0.818 bits per heavy atom. The molecule has 0 atom stereocenters. The molecule has 5 heteroatoms. The van der Waals surface area contributed by atoms with Crippen LogP contribution in [0.4, 0.5) is 0 Å². The Kier molecular flexibility index (Phi) is 2.89. The summed E-state index contributed by atoms with van der Waals surface area (Å²) in [4.78, 5) is 13.4. The van der Waals surface area contributed by atoms with Crippen molar-refractivity contribution in [3.8, 4) is 22.6 Å². The average molecular weight is 287 g/mol. The Bertz CT molecular complexity index is 944. The quantitative estimate of drug-likeness (QED) is 0.568. The van der Waals surface area contributed by atoms with Gasteiger partial charge in [0, 0.05) is 31.2 Å². The molecule has 4 aromatic rings. The SMILES string of the molecule is Cn1cc(-c2ccc3ncccc3n2)c(-c2ccccn2)n1. The molecule has 0 N–H and O–H groups in total. The van der Waals surface area contributed by atoms with Crippen molar-refractivity contribution >= 4 is 11.0 Å². The van der Waals surface area contributed by atoms with E-state index in [1.54, 1.807) is 17.1 Å². The number of fused-ring (bicyclic) bond motifs is 1. The molecule has 0 bridgehead atoms. The molecule has 0 spiro atoms. The number of aromatic nitrogens is 5. The van der Waals surface area contributed by atoms with Gasteiger partial charge in [-0.3, -0.25) is 14.6 Å². The first-order chi connectivity index (χ1) is 10.8. The van der Waals surface area contributed by atoms with E-state index in [-0.39, 0.29) is 0 Å². The molecule has 0 aliphatic heterocycles. The fraction of sp³-hybridized carbons (Fsp3) is 0.0588. The first-order valence-electron chi connectivity index (χ1n) is 6.98. The minimum absolute atomic E-state index is 0.832. The highest BCUT2D eigenvalue weighted by atomic mass is 15.3. The zero-order valence-electron chi connectivity index (χ0n) is 12.0. The molecular formula is C17H13N5. The number of hydrogen-bond donors (Lipinski definition) is 0. The summed E-state index contributed by atoms with van der Waals surface area (Å²) in [5, 5.41) is 4.54. The summed E-state index contributed by atoms with van der Waals surface area (Å²) in [6, 6.07) is 13.6. The lowest BCUT2D eigenvalue weighted by Gasteiger charge is -2.03. The van der Waals surface area contributed by atoms with Crippen LogP contribution in [0.2, 0.25) is 0 Å². The summed E-state index contributed by atoms with van der Waals surface area (Å²) in [5.41, 5.74) is 5.26. The first kappa shape index (κ1) is 12.6. The van der Waals surface area contributed by atoms with Crippen molar-refractivity contribution in [3.63, 3.8) is 0 Å². The van der Waals surface area contributed by atoms with E-state index in [0.29, 0.717) is 0 Å². The van der Waals surface area contributed by atoms with Gasteiger partial charge in [-0.1, -0.05) is 6.07 Å². The standard InChI is InChI=1S/C17H13N5/c1-22-11-12(17(21-22)16-5-2-3-9-19-16)13-7-8-14-15(20-13)6-4-10-18-14/h2-11H,1H3. The maximum absolute atomic E-state index is 4.70. The normalized spacial score (nSPS) is 11.0. The van der Waals surface area contributed by atoms with Crippen LogP contribution in [0.5, 0.6) is 0 Å². The van der Waals surface area contributed by atoms with Crippen LogP contribution in [0.3, 0.4) is 0 Å². The van der Waals surface area contributed by atoms with Gasteiger partial charge in [-0.05, 0) is 36.4 Å². The van der Waals surface area contributed by atoms with Gasteiger partial charge in [0.15, 0.2) is 0 Å². The fourth-order valence-electron chi connectivity index (χ4n) is 2.47. The number of pyridine rings is 3. The van der Waals surface area contributed by atoms with Crippen molar-refractivity contribution in [1.29, 1.82) is 0 Å². The average Bonchev–Trinajstić information content (AvgIpc) is 2.97. The van der Waals surface area contributed by atoms with Crippen molar-refractivity contribution in [1.82, 2.24) is 24.7 Å². The molecule has 106 valence electrons. The zero-order chi connectivity index (χ0) is 14.9. The molecule has 0 aliphatic carbocycles. The molecule has 0 amide bonds. The van der Waals surface area contributed by atoms with Crippen LogP contribution >= 0.6 is 0 Å². The molecule has 0 saturated heterocycles. The second kappa shape index (κ2) is 5.04. The van der Waals surface area contributed by atoms with E-state index in [2.05, 4.69) is 15.1 Å². The van der Waals surface area contributed by atoms with E-state index in [1.165, 1.54) is 0 Å². The Morgan fingerprint density at radius 3 is 2.59 bits per heavy atom. The van der Waals surface area contributed by atoms with Crippen LogP contribution in [0, 0.1) is 0 Å². The lowest BCUT2D eigenvalue weighted by atomic mass is 10.1. The summed E-state index contributed by atoms with van der Waals surface area (Å²) in [6.07, 6.45) is 5.51. The van der Waals surface area contributed by atoms with Crippen LogP contribution in [0.15, 0.2) is 61.1 Å². The highest BCUT2D eigenvalue weighted by Crippen LogP contribution is 2.29. The van der Waals surface area contributed by atoms with Gasteiger partial charge in [0.1, 0.15) is 5.69 Å². The van der Waals surface area contributed by atoms with Crippen molar-refractivity contribution in [2.24, 2.45) is 7.05 Å². The molecule has 0 radical (unpaired) electrons. The van der Waals surface area contributed by atoms with E-state index in [9.17, 15) is 0 Å². The predicted octanol–water partition coefficient (Wildman–Crippen LogP) is 3.09. The minimum atomic E-state index is 0.832. The van der Waals surface area contributed by atoms with E-state index < -0.39 is 0 Å². The van der Waals surface area contributed by atoms with E-state index in [1.807, 2.05) is 55.7 Å². The molecule has 4 heterocycles. The summed E-state index contributed by atoms with van der Waals surface area (Å²) >= 11 is 0. The van der Waals surface area contributed by atoms with Crippen LogP contribution in [-0.4, -0.2) is 24.7 Å². The topological polar surface area (TPSA) is 56.5 Å². The van der Waals surface area contributed by atoms with Gasteiger partial charge in [0.25, 0.3) is 0 Å². The highest BCUT2D eigenvalue weighted by Gasteiger charge is 2.14. The van der Waals surface area contributed by atoms with Crippen molar-refractivity contribution in [3.05, 3.63) is 61.1 Å². The largest absolute Gasteiger partial charge is 0.274 e. The predicted molar refractivity (Wildman–Crippen MR) is 85.0 cm³/mol. The molecule has 5 nitrogen and oxygen atoms in total. The highest BCUT2D eigenvalue weighted by molar-refractivity contribution is 5.82. The molecule has 0 unspecified atom stereocenters. The lowest BCUT2D eigenvalue weighted by Crippen LogP contribution is -1.90. The number of hydrogen-bond acceptors (Lipinski definition) is 4. The number of aryl methyl sites for hydroxylation is 1. The summed E-state index contributed by atoms with van der Waals surface area (Å²) in [6.45, 7) is 0. The van der Waals surface area contributed by atoms with Gasteiger partial charge in [0.2, 0.25) is 0 Å². The molecule has 4 rings (SSSR count). The van der Waals surface area contributed by atoms with E-state index >= 15 is 0 Å². The number of nitrogens with zero attached hydrogens (tertiary/aromatic N) is 5. The summed E-state index contributed by atoms with van der Waals surface area (Å²) in [5.74, 6) is 0. The molecule has 0 saturated carbocycles. The molecule has 0 aliphatic rings. The van der Waals surface area contributed by atoms with Gasteiger partial charge in [-0.2, -0.15) is 5.10 Å². The lowest BCUT2D eigenvalue weighted by molar-refractivity contribution is 0.770. The smallest absolute Gasteiger partial charge is 0.120 e. The second-order valence-corrected chi connectivity index (χ2v) is 5.02. The Labute approximate surface area is 127 Å². The van der Waals surface area contributed by atoms with E-state index in [4.69, 9.17) is 4.98 Å². The number of rotatable bonds is 2. The van der Waals surface area contributed by atoms with Gasteiger partial charge >= 0.3 is 0 Å². The maximum atomic E-state index is 4.70. The minimum Gasteiger partial charge on any atom is -0.274 e. The van der Waals surface area contributed by atoms with Gasteiger partial charge in [-0.25, -0.2) is 4.98 Å². The molecular weight excluding hydrogens is 274 g/mol. The van der Waals surface area contributed by atoms with Crippen LogP contribution in [0.1, 0.15) is 0 Å². The second-order valence-electron chi connectivity index (χ2n) is 5.02. The zero-order valence-corrected chi connectivity index (χ0v) is 12.0.